The summed E-state index contributed by atoms with van der Waals surface area (Å²) in [5, 5.41) is 25.1. The van der Waals surface area contributed by atoms with Crippen molar-refractivity contribution in [1.82, 2.24) is 15.0 Å². The maximum absolute atomic E-state index is 11.1. The number of rotatable bonds is 5. The number of nitrogens with two attached hydrogens (primary N) is 1. The number of H-pyrrole nitrogens is 1. The predicted octanol–water partition coefficient (Wildman–Crippen LogP) is 3.19. The molecule has 0 radical (unpaired) electrons. The molecule has 7 heteroatoms. The van der Waals surface area contributed by atoms with Gasteiger partial charge in [0.1, 0.15) is 23.8 Å². The summed E-state index contributed by atoms with van der Waals surface area (Å²) in [6, 6.07) is 23.5. The van der Waals surface area contributed by atoms with E-state index in [1.807, 2.05) is 43.4 Å². The van der Waals surface area contributed by atoms with Crippen LogP contribution in [0, 0.1) is 5.41 Å². The number of fused-ring (bicyclic) bond motifs is 1. The molecule has 160 valence electrons. The zero-order valence-electron chi connectivity index (χ0n) is 17.7. The molecule has 7 nitrogen and oxygen atoms in total. The van der Waals surface area contributed by atoms with E-state index in [9.17, 15) is 5.11 Å². The Morgan fingerprint density at radius 2 is 1.78 bits per heavy atom. The number of aliphatic hydroxyl groups excluding tert-OH is 1. The molecular formula is C25H24N6O. The molecule has 5 N–H and O–H groups in total. The van der Waals surface area contributed by atoms with Crippen molar-refractivity contribution < 1.29 is 5.11 Å². The highest BCUT2D eigenvalue weighted by molar-refractivity contribution is 6.05. The first-order chi connectivity index (χ1) is 15.5. The van der Waals surface area contributed by atoms with Crippen molar-refractivity contribution in [2.24, 2.45) is 10.8 Å². The summed E-state index contributed by atoms with van der Waals surface area (Å²) in [5.41, 5.74) is 11.7. The first-order valence-electron chi connectivity index (χ1n) is 10.5. The van der Waals surface area contributed by atoms with Gasteiger partial charge in [0.2, 0.25) is 0 Å². The van der Waals surface area contributed by atoms with E-state index in [0.717, 1.165) is 23.0 Å². The molecule has 2 heterocycles. The van der Waals surface area contributed by atoms with Crippen molar-refractivity contribution in [3.8, 4) is 0 Å². The minimum Gasteiger partial charge on any atom is -0.384 e. The number of imidazole rings is 1. The summed E-state index contributed by atoms with van der Waals surface area (Å²) in [7, 11) is 1.83. The van der Waals surface area contributed by atoms with Gasteiger partial charge in [0, 0.05) is 18.2 Å². The number of hydrazone groups is 1. The van der Waals surface area contributed by atoms with Gasteiger partial charge in [-0.05, 0) is 35.7 Å². The van der Waals surface area contributed by atoms with Gasteiger partial charge in [0.15, 0.2) is 0 Å². The van der Waals surface area contributed by atoms with Crippen LogP contribution < -0.4 is 5.73 Å². The Morgan fingerprint density at radius 3 is 2.50 bits per heavy atom. The molecule has 1 aliphatic heterocycles. The average molecular weight is 425 g/mol. The summed E-state index contributed by atoms with van der Waals surface area (Å²) >= 11 is 0. The number of aliphatic hydroxyl groups is 1. The highest BCUT2D eigenvalue weighted by Gasteiger charge is 2.38. The van der Waals surface area contributed by atoms with Gasteiger partial charge >= 0.3 is 0 Å². The van der Waals surface area contributed by atoms with Crippen LogP contribution in [0.3, 0.4) is 0 Å². The van der Waals surface area contributed by atoms with E-state index in [2.05, 4.69) is 39.3 Å². The SMILES string of the molecule is CN1N=C(c2ccc(Cc3ccccc3)cc2)C(O)[C@H]1c1nc2ccc(C(=N)N)cc2[nH]1. The second kappa shape index (κ2) is 7.94. The largest absolute Gasteiger partial charge is 0.384 e. The quantitative estimate of drug-likeness (QED) is 0.291. The molecule has 3 aromatic carbocycles. The summed E-state index contributed by atoms with van der Waals surface area (Å²) in [6.45, 7) is 0. The third-order valence-corrected chi connectivity index (χ3v) is 5.84. The fourth-order valence-electron chi connectivity index (χ4n) is 4.16. The van der Waals surface area contributed by atoms with Crippen LogP contribution in [0.15, 0.2) is 77.9 Å². The molecule has 0 fully saturated rings. The molecule has 2 atom stereocenters. The Morgan fingerprint density at radius 1 is 1.06 bits per heavy atom. The monoisotopic (exact) mass is 424 g/mol. The number of likely N-dealkylation sites (N-methyl/N-ethyl adjacent to an activating group) is 1. The van der Waals surface area contributed by atoms with Gasteiger partial charge in [-0.1, -0.05) is 54.6 Å². The number of nitrogen functional groups attached to an aromatic ring is 1. The number of aromatic amines is 1. The lowest BCUT2D eigenvalue weighted by Gasteiger charge is -2.19. The van der Waals surface area contributed by atoms with Crippen LogP contribution in [0.1, 0.15) is 34.1 Å². The molecule has 5 rings (SSSR count). The lowest BCUT2D eigenvalue weighted by molar-refractivity contribution is 0.134. The first-order valence-corrected chi connectivity index (χ1v) is 10.5. The van der Waals surface area contributed by atoms with Gasteiger partial charge in [-0.2, -0.15) is 5.10 Å². The fraction of sp³-hybridized carbons (Fsp3) is 0.160. The summed E-state index contributed by atoms with van der Waals surface area (Å²) < 4.78 is 0. The van der Waals surface area contributed by atoms with Crippen LogP contribution >= 0.6 is 0 Å². The number of nitrogens with one attached hydrogen (secondary N) is 2. The molecule has 0 spiro atoms. The Bertz CT molecular complexity index is 1310. The number of amidine groups is 1. The third kappa shape index (κ3) is 3.63. The van der Waals surface area contributed by atoms with Crippen molar-refractivity contribution in [3.63, 3.8) is 0 Å². The highest BCUT2D eigenvalue weighted by Crippen LogP contribution is 2.31. The van der Waals surface area contributed by atoms with Crippen LogP contribution in [0.4, 0.5) is 0 Å². The second-order valence-electron chi connectivity index (χ2n) is 8.08. The predicted molar refractivity (Wildman–Crippen MR) is 126 cm³/mol. The van der Waals surface area contributed by atoms with E-state index in [0.29, 0.717) is 17.1 Å². The smallest absolute Gasteiger partial charge is 0.136 e. The topological polar surface area (TPSA) is 114 Å². The molecule has 1 aliphatic rings. The summed E-state index contributed by atoms with van der Waals surface area (Å²) in [6.07, 6.45) is 0.0349. The van der Waals surface area contributed by atoms with E-state index >= 15 is 0 Å². The van der Waals surface area contributed by atoms with Gasteiger partial charge < -0.3 is 15.8 Å². The molecule has 32 heavy (non-hydrogen) atoms. The van der Waals surface area contributed by atoms with Gasteiger partial charge in [0.05, 0.1) is 16.7 Å². The highest BCUT2D eigenvalue weighted by atomic mass is 16.3. The number of benzene rings is 3. The molecule has 0 aliphatic carbocycles. The number of hydrogen-bond acceptors (Lipinski definition) is 5. The standard InChI is InChI=1S/C25H24N6O/c1-31-22(25-28-19-12-11-18(24(26)27)14-20(19)29-25)23(32)21(30-31)17-9-7-16(8-10-17)13-15-5-3-2-4-6-15/h2-12,14,22-23,32H,13H2,1H3,(H3,26,27)(H,28,29)/t22-,23?/m0/s1. The molecule has 1 unspecified atom stereocenters. The minimum atomic E-state index is -0.826. The van der Waals surface area contributed by atoms with Crippen LogP contribution in [-0.2, 0) is 6.42 Å². The molecule has 0 saturated heterocycles. The molecule has 0 amide bonds. The maximum Gasteiger partial charge on any atom is 0.136 e. The molecule has 0 bridgehead atoms. The van der Waals surface area contributed by atoms with E-state index in [4.69, 9.17) is 11.1 Å². The Hall–Kier alpha value is -3.97. The molecule has 1 aromatic heterocycles. The van der Waals surface area contributed by atoms with Crippen LogP contribution in [-0.4, -0.2) is 44.8 Å². The zero-order chi connectivity index (χ0) is 22.2. The Balaban J connectivity index is 1.38. The lowest BCUT2D eigenvalue weighted by Crippen LogP contribution is -2.29. The average Bonchev–Trinajstić information content (AvgIpc) is 3.34. The molecule has 0 saturated carbocycles. The van der Waals surface area contributed by atoms with Crippen LogP contribution in [0.25, 0.3) is 11.0 Å². The summed E-state index contributed by atoms with van der Waals surface area (Å²) in [5.74, 6) is 0.623. The van der Waals surface area contributed by atoms with Gasteiger partial charge in [0.25, 0.3) is 0 Å². The molecule has 4 aromatic rings. The fourth-order valence-corrected chi connectivity index (χ4v) is 4.16. The first kappa shape index (κ1) is 20.0. The van der Waals surface area contributed by atoms with Crippen molar-refractivity contribution in [1.29, 1.82) is 5.41 Å². The normalized spacial score (nSPS) is 18.2. The van der Waals surface area contributed by atoms with Gasteiger partial charge in [-0.3, -0.25) is 10.4 Å². The second-order valence-corrected chi connectivity index (χ2v) is 8.08. The van der Waals surface area contributed by atoms with Crippen molar-refractivity contribution >= 4 is 22.6 Å². The Kier molecular flexibility index (Phi) is 4.95. The van der Waals surface area contributed by atoms with Crippen molar-refractivity contribution in [2.45, 2.75) is 18.6 Å². The van der Waals surface area contributed by atoms with Crippen molar-refractivity contribution in [2.75, 3.05) is 7.05 Å². The maximum atomic E-state index is 11.1. The van der Waals surface area contributed by atoms with Crippen molar-refractivity contribution in [3.05, 3.63) is 101 Å². The molecular weight excluding hydrogens is 400 g/mol. The number of aromatic nitrogens is 2. The van der Waals surface area contributed by atoms with E-state index < -0.39 is 12.1 Å². The van der Waals surface area contributed by atoms with E-state index in [1.165, 1.54) is 11.1 Å². The van der Waals surface area contributed by atoms with E-state index in [1.54, 1.807) is 17.1 Å². The van der Waals surface area contributed by atoms with Gasteiger partial charge in [-0.15, -0.1) is 0 Å². The minimum absolute atomic E-state index is 0.00222. The third-order valence-electron chi connectivity index (χ3n) is 5.84. The number of nitrogens with zero attached hydrogens (tertiary/aromatic N) is 3. The summed E-state index contributed by atoms with van der Waals surface area (Å²) in [4.78, 5) is 7.91. The van der Waals surface area contributed by atoms with E-state index in [-0.39, 0.29) is 5.84 Å². The number of hydrogen-bond donors (Lipinski definition) is 4. The Labute approximate surface area is 185 Å². The van der Waals surface area contributed by atoms with Gasteiger partial charge in [-0.25, -0.2) is 4.98 Å². The van der Waals surface area contributed by atoms with Crippen LogP contribution in [0.5, 0.6) is 0 Å². The lowest BCUT2D eigenvalue weighted by atomic mass is 9.98. The van der Waals surface area contributed by atoms with Crippen LogP contribution in [0.2, 0.25) is 0 Å². The zero-order valence-corrected chi connectivity index (χ0v) is 17.7.